The first-order valence-corrected chi connectivity index (χ1v) is 10.4. The van der Waals surface area contributed by atoms with Crippen LogP contribution in [0.2, 0.25) is 0 Å². The highest BCUT2D eigenvalue weighted by Gasteiger charge is 2.67. The number of thioether (sulfide) groups is 1. The van der Waals surface area contributed by atoms with Crippen molar-refractivity contribution in [1.82, 2.24) is 25.9 Å². The summed E-state index contributed by atoms with van der Waals surface area (Å²) in [6.07, 6.45) is 4.09. The smallest absolute Gasteiger partial charge is 0.229 e. The average molecular weight is 432 g/mol. The van der Waals surface area contributed by atoms with Gasteiger partial charge >= 0.3 is 0 Å². The zero-order chi connectivity index (χ0) is 19.9. The van der Waals surface area contributed by atoms with Crippen LogP contribution < -0.4 is 16.0 Å². The molecule has 0 aromatic carbocycles. The van der Waals surface area contributed by atoms with Gasteiger partial charge in [-0.15, -0.1) is 23.2 Å². The van der Waals surface area contributed by atoms with Crippen molar-refractivity contribution in [3.8, 4) is 6.19 Å². The molecule has 1 fully saturated rings. The number of halogens is 2. The minimum absolute atomic E-state index is 0.175. The zero-order valence-corrected chi connectivity index (χ0v) is 17.6. The highest BCUT2D eigenvalue weighted by molar-refractivity contribution is 7.98. The predicted molar refractivity (Wildman–Crippen MR) is 109 cm³/mol. The third kappa shape index (κ3) is 6.19. The number of alkyl halides is 2. The summed E-state index contributed by atoms with van der Waals surface area (Å²) >= 11 is 13.7. The van der Waals surface area contributed by atoms with E-state index in [1.807, 2.05) is 13.1 Å². The number of nitriles is 1. The first-order chi connectivity index (χ1) is 12.8. The Labute approximate surface area is 172 Å². The number of rotatable bonds is 9. The molecule has 0 bridgehead atoms. The van der Waals surface area contributed by atoms with E-state index in [1.54, 1.807) is 24.9 Å². The fourth-order valence-electron chi connectivity index (χ4n) is 2.32. The van der Waals surface area contributed by atoms with Crippen molar-refractivity contribution in [2.24, 2.45) is 10.4 Å². The zero-order valence-electron chi connectivity index (χ0n) is 15.2. The number of carbonyl (C=O) groups is 1. The van der Waals surface area contributed by atoms with E-state index in [-0.39, 0.29) is 5.91 Å². The first-order valence-electron chi connectivity index (χ1n) is 8.46. The van der Waals surface area contributed by atoms with Gasteiger partial charge in [-0.3, -0.25) is 15.1 Å². The number of aromatic amines is 1. The van der Waals surface area contributed by atoms with Crippen molar-refractivity contribution >= 4 is 46.8 Å². The van der Waals surface area contributed by atoms with E-state index in [2.05, 4.69) is 30.9 Å². The molecule has 1 amide bonds. The molecule has 1 aliphatic rings. The van der Waals surface area contributed by atoms with Crippen LogP contribution in [0.1, 0.15) is 24.9 Å². The molecule has 1 aromatic rings. The molecule has 0 spiro atoms. The number of carbonyl (C=O) groups excluding carboxylic acids is 1. The number of aromatic nitrogens is 2. The van der Waals surface area contributed by atoms with E-state index in [1.165, 1.54) is 0 Å². The van der Waals surface area contributed by atoms with Crippen molar-refractivity contribution in [1.29, 1.82) is 5.26 Å². The third-order valence-electron chi connectivity index (χ3n) is 4.14. The summed E-state index contributed by atoms with van der Waals surface area (Å²) in [4.78, 5) is 23.8. The minimum atomic E-state index is -0.981. The van der Waals surface area contributed by atoms with Crippen molar-refractivity contribution in [3.05, 3.63) is 17.7 Å². The van der Waals surface area contributed by atoms with E-state index in [0.29, 0.717) is 32.0 Å². The number of imidazole rings is 1. The molecular formula is C16H23Cl2N7OS. The summed E-state index contributed by atoms with van der Waals surface area (Å²) in [5.74, 6) is 2.72. The molecule has 0 radical (unpaired) electrons. The van der Waals surface area contributed by atoms with Gasteiger partial charge in [0.25, 0.3) is 0 Å². The lowest BCUT2D eigenvalue weighted by atomic mass is 10.1. The summed E-state index contributed by atoms with van der Waals surface area (Å²) in [6, 6.07) is 0. The molecule has 8 nitrogen and oxygen atoms in total. The second-order valence-corrected chi connectivity index (χ2v) is 9.02. The van der Waals surface area contributed by atoms with Crippen LogP contribution in [0.3, 0.4) is 0 Å². The minimum Gasteiger partial charge on any atom is -0.354 e. The van der Waals surface area contributed by atoms with Gasteiger partial charge in [0.05, 0.1) is 17.7 Å². The van der Waals surface area contributed by atoms with E-state index in [9.17, 15) is 4.79 Å². The van der Waals surface area contributed by atoms with Crippen LogP contribution in [0.5, 0.6) is 0 Å². The van der Waals surface area contributed by atoms with Crippen LogP contribution in [0.25, 0.3) is 0 Å². The van der Waals surface area contributed by atoms with Crippen molar-refractivity contribution in [2.75, 3.05) is 25.4 Å². The Balaban J connectivity index is 1.63. The second-order valence-electron chi connectivity index (χ2n) is 6.43. The van der Waals surface area contributed by atoms with Gasteiger partial charge in [0.1, 0.15) is 10.2 Å². The Morgan fingerprint density at radius 3 is 2.78 bits per heavy atom. The standard InChI is InChI=1S/C16H23Cl2N7OS/c1-11-7-23-12(25-11)8-27-6-5-22-14(24-10-19)21-4-3-20-13(26)15(2)9-16(15,17)18/h7H,3-6,8-9H2,1-2H3,(H,20,26)(H,23,25)(H2,21,22,24). The van der Waals surface area contributed by atoms with E-state index < -0.39 is 9.75 Å². The SMILES string of the molecule is Cc1cnc(CSCCN=C(NC#N)NCCNC(=O)C2(C)CC2(Cl)Cl)[nH]1. The summed E-state index contributed by atoms with van der Waals surface area (Å²) in [6.45, 7) is 5.04. The van der Waals surface area contributed by atoms with Crippen LogP contribution in [-0.4, -0.2) is 51.6 Å². The largest absolute Gasteiger partial charge is 0.354 e. The van der Waals surface area contributed by atoms with Gasteiger partial charge < -0.3 is 15.6 Å². The monoisotopic (exact) mass is 431 g/mol. The maximum atomic E-state index is 12.1. The molecule has 27 heavy (non-hydrogen) atoms. The molecule has 1 aliphatic carbocycles. The Morgan fingerprint density at radius 1 is 1.48 bits per heavy atom. The lowest BCUT2D eigenvalue weighted by Crippen LogP contribution is -2.42. The summed E-state index contributed by atoms with van der Waals surface area (Å²) in [7, 11) is 0. The van der Waals surface area contributed by atoms with E-state index >= 15 is 0 Å². The number of H-pyrrole nitrogens is 1. The maximum Gasteiger partial charge on any atom is 0.229 e. The molecule has 0 saturated heterocycles. The van der Waals surface area contributed by atoms with Gasteiger partial charge in [-0.25, -0.2) is 4.98 Å². The molecule has 148 valence electrons. The molecule has 4 N–H and O–H groups in total. The number of hydrogen-bond donors (Lipinski definition) is 4. The third-order valence-corrected chi connectivity index (χ3v) is 6.19. The average Bonchev–Trinajstić information content (AvgIpc) is 2.91. The number of guanidine groups is 1. The number of nitrogens with zero attached hydrogens (tertiary/aromatic N) is 3. The van der Waals surface area contributed by atoms with Crippen LogP contribution in [-0.2, 0) is 10.5 Å². The molecule has 1 saturated carbocycles. The Hall–Kier alpha value is -1.63. The molecule has 11 heteroatoms. The summed E-state index contributed by atoms with van der Waals surface area (Å²) in [5, 5.41) is 17.1. The molecule has 1 unspecified atom stereocenters. The number of nitrogens with one attached hydrogen (secondary N) is 4. The topological polar surface area (TPSA) is 118 Å². The number of amides is 1. The van der Waals surface area contributed by atoms with Crippen LogP contribution >= 0.6 is 35.0 Å². The molecular weight excluding hydrogens is 409 g/mol. The van der Waals surface area contributed by atoms with Crippen molar-refractivity contribution < 1.29 is 4.79 Å². The summed E-state index contributed by atoms with van der Waals surface area (Å²) < 4.78 is -0.981. The predicted octanol–water partition coefficient (Wildman–Crippen LogP) is 1.67. The van der Waals surface area contributed by atoms with Gasteiger partial charge in [-0.2, -0.15) is 17.0 Å². The highest BCUT2D eigenvalue weighted by Crippen LogP contribution is 2.63. The normalized spacial score (nSPS) is 20.6. The van der Waals surface area contributed by atoms with Crippen molar-refractivity contribution in [3.63, 3.8) is 0 Å². The van der Waals surface area contributed by atoms with E-state index in [0.717, 1.165) is 23.0 Å². The van der Waals surface area contributed by atoms with Gasteiger partial charge in [0.2, 0.25) is 11.9 Å². The Morgan fingerprint density at radius 2 is 2.19 bits per heavy atom. The summed E-state index contributed by atoms with van der Waals surface area (Å²) in [5.41, 5.74) is 0.306. The van der Waals surface area contributed by atoms with Crippen LogP contribution in [0.15, 0.2) is 11.2 Å². The lowest BCUT2D eigenvalue weighted by molar-refractivity contribution is -0.125. The first kappa shape index (κ1) is 21.7. The Kier molecular flexibility index (Phi) is 7.65. The van der Waals surface area contributed by atoms with Gasteiger partial charge in [0, 0.05) is 30.7 Å². The Bertz CT molecular complexity index is 731. The van der Waals surface area contributed by atoms with Crippen LogP contribution in [0, 0.1) is 23.8 Å². The van der Waals surface area contributed by atoms with Gasteiger partial charge in [-0.05, 0) is 20.3 Å². The fourth-order valence-corrected chi connectivity index (χ4v) is 3.73. The maximum absolute atomic E-state index is 12.1. The number of aryl methyl sites for hydroxylation is 1. The lowest BCUT2D eigenvalue weighted by Gasteiger charge is -2.13. The number of hydrogen-bond acceptors (Lipinski definition) is 5. The van der Waals surface area contributed by atoms with Gasteiger partial charge in [-0.1, -0.05) is 0 Å². The molecule has 0 aliphatic heterocycles. The second kappa shape index (κ2) is 9.53. The quantitative estimate of drug-likeness (QED) is 0.118. The highest BCUT2D eigenvalue weighted by atomic mass is 35.5. The number of aliphatic imine (C=N–C) groups is 1. The molecule has 2 rings (SSSR count). The van der Waals surface area contributed by atoms with Crippen LogP contribution in [0.4, 0.5) is 0 Å². The molecule has 1 aromatic heterocycles. The molecule has 1 heterocycles. The fraction of sp³-hybridized carbons (Fsp3) is 0.625. The van der Waals surface area contributed by atoms with Gasteiger partial charge in [0.15, 0.2) is 6.19 Å². The molecule has 1 atom stereocenters. The van der Waals surface area contributed by atoms with E-state index in [4.69, 9.17) is 28.5 Å². The van der Waals surface area contributed by atoms with Crippen molar-refractivity contribution in [2.45, 2.75) is 30.4 Å².